The lowest BCUT2D eigenvalue weighted by molar-refractivity contribution is 0.102. The van der Waals surface area contributed by atoms with Crippen molar-refractivity contribution in [2.45, 2.75) is 6.92 Å². The third-order valence-electron chi connectivity index (χ3n) is 2.57. The summed E-state index contributed by atoms with van der Waals surface area (Å²) in [5.41, 5.74) is 7.45. The molecule has 3 N–H and O–H groups in total. The molecule has 2 aromatic rings. The van der Waals surface area contributed by atoms with E-state index in [2.05, 4.69) is 10.3 Å². The summed E-state index contributed by atoms with van der Waals surface area (Å²) in [5.74, 6) is -0.291. The molecule has 0 aliphatic heterocycles. The van der Waals surface area contributed by atoms with Crippen LogP contribution in [0, 0.1) is 16.3 Å². The van der Waals surface area contributed by atoms with E-state index < -0.39 is 0 Å². The number of benzene rings is 1. The molecule has 0 atom stereocenters. The van der Waals surface area contributed by atoms with E-state index in [-0.39, 0.29) is 11.7 Å². The van der Waals surface area contributed by atoms with Crippen LogP contribution in [0.4, 0.5) is 15.9 Å². The number of aromatic nitrogens is 1. The lowest BCUT2D eigenvalue weighted by Gasteiger charge is -2.08. The van der Waals surface area contributed by atoms with Gasteiger partial charge in [0.05, 0.1) is 17.4 Å². The van der Waals surface area contributed by atoms with Gasteiger partial charge in [-0.05, 0) is 59.3 Å². The van der Waals surface area contributed by atoms with Crippen molar-refractivity contribution < 1.29 is 9.18 Å². The summed E-state index contributed by atoms with van der Waals surface area (Å²) in [6.45, 7) is 1.83. The lowest BCUT2D eigenvalue weighted by Crippen LogP contribution is -2.14. The van der Waals surface area contributed by atoms with Crippen molar-refractivity contribution >= 4 is 40.0 Å². The van der Waals surface area contributed by atoms with E-state index in [0.717, 1.165) is 5.56 Å². The predicted octanol–water partition coefficient (Wildman–Crippen LogP) is 2.97. The van der Waals surface area contributed by atoms with Gasteiger partial charge < -0.3 is 11.1 Å². The van der Waals surface area contributed by atoms with Crippen LogP contribution in [0.2, 0.25) is 0 Å². The second-order valence-electron chi connectivity index (χ2n) is 4.00. The maximum absolute atomic E-state index is 13.0. The Hall–Kier alpha value is -1.70. The first-order valence-electron chi connectivity index (χ1n) is 5.46. The fourth-order valence-electron chi connectivity index (χ4n) is 1.49. The average molecular weight is 371 g/mol. The number of anilines is 2. The SMILES string of the molecule is Cc1cc(NC(=O)c2ccc(F)cc2I)ncc1N. The van der Waals surface area contributed by atoms with E-state index in [1.165, 1.54) is 24.4 Å². The van der Waals surface area contributed by atoms with Crippen molar-refractivity contribution in [2.24, 2.45) is 0 Å². The molecule has 1 heterocycles. The van der Waals surface area contributed by atoms with Crippen LogP contribution in [-0.2, 0) is 0 Å². The summed E-state index contributed by atoms with van der Waals surface area (Å²) in [4.78, 5) is 16.1. The standard InChI is InChI=1S/C13H11FIN3O/c1-7-4-12(17-6-11(7)16)18-13(19)9-3-2-8(14)5-10(9)15/h2-6H,16H2,1H3,(H,17,18,19). The van der Waals surface area contributed by atoms with Gasteiger partial charge in [-0.2, -0.15) is 0 Å². The van der Waals surface area contributed by atoms with Gasteiger partial charge >= 0.3 is 0 Å². The van der Waals surface area contributed by atoms with Crippen molar-refractivity contribution in [3.8, 4) is 0 Å². The van der Waals surface area contributed by atoms with Crippen molar-refractivity contribution in [1.29, 1.82) is 0 Å². The van der Waals surface area contributed by atoms with Gasteiger partial charge in [-0.3, -0.25) is 4.79 Å². The van der Waals surface area contributed by atoms with Gasteiger partial charge in [0.1, 0.15) is 11.6 Å². The highest BCUT2D eigenvalue weighted by molar-refractivity contribution is 14.1. The topological polar surface area (TPSA) is 68.0 Å². The number of nitrogens with one attached hydrogen (secondary N) is 1. The highest BCUT2D eigenvalue weighted by Gasteiger charge is 2.11. The summed E-state index contributed by atoms with van der Waals surface area (Å²) in [6.07, 6.45) is 1.49. The number of carbonyl (C=O) groups is 1. The lowest BCUT2D eigenvalue weighted by atomic mass is 10.2. The van der Waals surface area contributed by atoms with E-state index in [4.69, 9.17) is 5.73 Å². The van der Waals surface area contributed by atoms with Gasteiger partial charge in [-0.1, -0.05) is 0 Å². The molecule has 1 aromatic carbocycles. The number of pyridine rings is 1. The van der Waals surface area contributed by atoms with Gasteiger partial charge in [0.2, 0.25) is 0 Å². The number of nitrogens with two attached hydrogens (primary N) is 1. The molecule has 0 aliphatic carbocycles. The van der Waals surface area contributed by atoms with E-state index in [0.29, 0.717) is 20.6 Å². The molecule has 0 bridgehead atoms. The molecule has 1 aromatic heterocycles. The van der Waals surface area contributed by atoms with Gasteiger partial charge in [0, 0.05) is 3.57 Å². The quantitative estimate of drug-likeness (QED) is 0.798. The fourth-order valence-corrected chi connectivity index (χ4v) is 2.21. The largest absolute Gasteiger partial charge is 0.397 e. The molecule has 0 aliphatic rings. The number of aryl methyl sites for hydroxylation is 1. The maximum Gasteiger partial charge on any atom is 0.257 e. The van der Waals surface area contributed by atoms with Crippen molar-refractivity contribution in [1.82, 2.24) is 4.98 Å². The highest BCUT2D eigenvalue weighted by Crippen LogP contribution is 2.17. The van der Waals surface area contributed by atoms with E-state index in [9.17, 15) is 9.18 Å². The molecular formula is C13H11FIN3O. The Labute approximate surface area is 123 Å². The van der Waals surface area contributed by atoms with Gasteiger partial charge in [0.25, 0.3) is 5.91 Å². The van der Waals surface area contributed by atoms with Crippen LogP contribution >= 0.6 is 22.6 Å². The zero-order valence-electron chi connectivity index (χ0n) is 10.1. The smallest absolute Gasteiger partial charge is 0.257 e. The van der Waals surface area contributed by atoms with Crippen LogP contribution in [0.15, 0.2) is 30.5 Å². The Morgan fingerprint density at radius 3 is 2.79 bits per heavy atom. The molecular weight excluding hydrogens is 360 g/mol. The van der Waals surface area contributed by atoms with Crippen LogP contribution in [0.25, 0.3) is 0 Å². The van der Waals surface area contributed by atoms with E-state index in [1.54, 1.807) is 6.07 Å². The monoisotopic (exact) mass is 371 g/mol. The molecule has 0 spiro atoms. The number of hydrogen-bond acceptors (Lipinski definition) is 3. The zero-order chi connectivity index (χ0) is 14.0. The minimum atomic E-state index is -0.373. The first-order chi connectivity index (χ1) is 8.97. The molecule has 0 saturated heterocycles. The summed E-state index contributed by atoms with van der Waals surface area (Å²) >= 11 is 1.91. The Kier molecular flexibility index (Phi) is 3.98. The van der Waals surface area contributed by atoms with Crippen molar-refractivity contribution in [3.63, 3.8) is 0 Å². The third kappa shape index (κ3) is 3.19. The summed E-state index contributed by atoms with van der Waals surface area (Å²) in [5, 5.41) is 2.65. The second kappa shape index (κ2) is 5.52. The normalized spacial score (nSPS) is 10.3. The van der Waals surface area contributed by atoms with Gasteiger partial charge in [-0.15, -0.1) is 0 Å². The van der Waals surface area contributed by atoms with Gasteiger partial charge in [0.15, 0.2) is 0 Å². The zero-order valence-corrected chi connectivity index (χ0v) is 12.2. The predicted molar refractivity (Wildman–Crippen MR) is 80.5 cm³/mol. The number of rotatable bonds is 2. The summed E-state index contributed by atoms with van der Waals surface area (Å²) in [6, 6.07) is 5.68. The molecule has 0 saturated carbocycles. The molecule has 19 heavy (non-hydrogen) atoms. The van der Waals surface area contributed by atoms with Crippen molar-refractivity contribution in [3.05, 3.63) is 51.0 Å². The molecule has 6 heteroatoms. The number of nitrogens with zero attached hydrogens (tertiary/aromatic N) is 1. The number of hydrogen-bond donors (Lipinski definition) is 2. The maximum atomic E-state index is 13.0. The van der Waals surface area contributed by atoms with Crippen molar-refractivity contribution in [2.75, 3.05) is 11.1 Å². The molecule has 4 nitrogen and oxygen atoms in total. The van der Waals surface area contributed by atoms with Crippen LogP contribution in [-0.4, -0.2) is 10.9 Å². The number of amides is 1. The Balaban J connectivity index is 2.23. The van der Waals surface area contributed by atoms with Gasteiger partial charge in [-0.25, -0.2) is 9.37 Å². The van der Waals surface area contributed by atoms with E-state index in [1.807, 2.05) is 29.5 Å². The average Bonchev–Trinajstić information content (AvgIpc) is 2.33. The highest BCUT2D eigenvalue weighted by atomic mass is 127. The van der Waals surface area contributed by atoms with Crippen LogP contribution in [0.3, 0.4) is 0 Å². The number of carbonyl (C=O) groups excluding carboxylic acids is 1. The third-order valence-corrected chi connectivity index (χ3v) is 3.46. The molecule has 1 amide bonds. The van der Waals surface area contributed by atoms with E-state index >= 15 is 0 Å². The van der Waals surface area contributed by atoms with Crippen LogP contribution < -0.4 is 11.1 Å². The summed E-state index contributed by atoms with van der Waals surface area (Å²) < 4.78 is 13.5. The van der Waals surface area contributed by atoms with Crippen LogP contribution in [0.1, 0.15) is 15.9 Å². The Morgan fingerprint density at radius 2 is 2.16 bits per heavy atom. The Bertz CT molecular complexity index is 646. The molecule has 0 unspecified atom stereocenters. The fraction of sp³-hybridized carbons (Fsp3) is 0.0769. The minimum Gasteiger partial charge on any atom is -0.397 e. The molecule has 0 fully saturated rings. The summed E-state index contributed by atoms with van der Waals surface area (Å²) in [7, 11) is 0. The first-order valence-corrected chi connectivity index (χ1v) is 6.54. The molecule has 0 radical (unpaired) electrons. The number of halogens is 2. The first kappa shape index (κ1) is 13.7. The second-order valence-corrected chi connectivity index (χ2v) is 5.17. The number of nitrogen functional groups attached to an aromatic ring is 1. The minimum absolute atomic E-state index is 0.332. The van der Waals surface area contributed by atoms with Crippen LogP contribution in [0.5, 0.6) is 0 Å². The molecule has 2 rings (SSSR count). The molecule has 98 valence electrons. The Morgan fingerprint density at radius 1 is 1.42 bits per heavy atom.